The first-order chi connectivity index (χ1) is 8.11. The molecule has 0 rings (SSSR count). The Morgan fingerprint density at radius 3 is 2.00 bits per heavy atom. The Hall–Kier alpha value is -1.05. The molecule has 0 spiro atoms. The summed E-state index contributed by atoms with van der Waals surface area (Å²) in [5.74, 6) is -0.0553. The molecule has 0 aliphatic carbocycles. The molecule has 0 aromatic rings. The lowest BCUT2D eigenvalue weighted by molar-refractivity contribution is 0.280. The molecule has 0 bridgehead atoms. The molecule has 0 amide bonds. The largest absolute Gasteiger partial charge is 0.498 e. The molecule has 0 N–H and O–H groups in total. The van der Waals surface area contributed by atoms with E-state index in [2.05, 4.69) is 13.5 Å². The monoisotopic (exact) mass is 244 g/mol. The average Bonchev–Trinajstić information content (AvgIpc) is 2.40. The molecule has 102 valence electrons. The molecule has 2 heteroatoms. The van der Waals surface area contributed by atoms with E-state index in [1.165, 1.54) is 13.2 Å². The van der Waals surface area contributed by atoms with Gasteiger partial charge in [0, 0.05) is 0 Å². The van der Waals surface area contributed by atoms with Crippen molar-refractivity contribution in [3.05, 3.63) is 35.9 Å². The van der Waals surface area contributed by atoms with Crippen molar-refractivity contribution in [2.45, 2.75) is 54.4 Å². The second-order valence-electron chi connectivity index (χ2n) is 2.85. The van der Waals surface area contributed by atoms with Crippen molar-refractivity contribution in [1.29, 1.82) is 0 Å². The highest BCUT2D eigenvalue weighted by Gasteiger charge is 1.95. The maximum atomic E-state index is 13.0. The maximum Gasteiger partial charge on any atom is 0.160 e. The Morgan fingerprint density at radius 1 is 1.18 bits per heavy atom. The van der Waals surface area contributed by atoms with Crippen LogP contribution < -0.4 is 0 Å². The number of allylic oxidation sites excluding steroid dienone is 5. The SMILES string of the molecule is C=C(/C=C\C(F)=C(/C)OC)CCC.CC.CC. The minimum absolute atomic E-state index is 0.292. The van der Waals surface area contributed by atoms with Crippen molar-refractivity contribution in [2.75, 3.05) is 7.11 Å². The van der Waals surface area contributed by atoms with Gasteiger partial charge in [-0.15, -0.1) is 0 Å². The molecular formula is C15H29FO. The summed E-state index contributed by atoms with van der Waals surface area (Å²) in [6, 6.07) is 0. The van der Waals surface area contributed by atoms with E-state index in [0.717, 1.165) is 18.4 Å². The first kappa shape index (κ1) is 21.3. The van der Waals surface area contributed by atoms with E-state index in [1.807, 2.05) is 27.7 Å². The van der Waals surface area contributed by atoms with Gasteiger partial charge in [-0.05, 0) is 19.4 Å². The zero-order valence-electron chi connectivity index (χ0n) is 12.6. The molecule has 0 aliphatic heterocycles. The standard InChI is InChI=1S/C11H17FO.2C2H6/c1-5-6-9(2)7-8-11(12)10(3)13-4;2*1-2/h7-8H,2,5-6H2,1,3-4H3;2*1-2H3/b8-7-,11-10-;;. The van der Waals surface area contributed by atoms with Gasteiger partial charge in [-0.1, -0.05) is 59.3 Å². The van der Waals surface area contributed by atoms with Crippen LogP contribution in [0.2, 0.25) is 0 Å². The fraction of sp³-hybridized carbons (Fsp3) is 0.600. The molecule has 0 atom stereocenters. The van der Waals surface area contributed by atoms with Crippen LogP contribution in [0.15, 0.2) is 35.9 Å². The van der Waals surface area contributed by atoms with Gasteiger partial charge in [0.25, 0.3) is 0 Å². The summed E-state index contributed by atoms with van der Waals surface area (Å²) in [5.41, 5.74) is 0.932. The lowest BCUT2D eigenvalue weighted by Gasteiger charge is -1.98. The third-order valence-electron chi connectivity index (χ3n) is 1.68. The highest BCUT2D eigenvalue weighted by atomic mass is 19.1. The summed E-state index contributed by atoms with van der Waals surface area (Å²) in [6.07, 6.45) is 4.99. The predicted molar refractivity (Wildman–Crippen MR) is 76.7 cm³/mol. The van der Waals surface area contributed by atoms with Crippen molar-refractivity contribution in [3.63, 3.8) is 0 Å². The lowest BCUT2D eigenvalue weighted by Crippen LogP contribution is -1.82. The molecule has 0 aromatic heterocycles. The number of halogens is 1. The summed E-state index contributed by atoms with van der Waals surface area (Å²) >= 11 is 0. The van der Waals surface area contributed by atoms with Gasteiger partial charge in [-0.3, -0.25) is 0 Å². The van der Waals surface area contributed by atoms with Crippen molar-refractivity contribution < 1.29 is 9.13 Å². The summed E-state index contributed by atoms with van der Waals surface area (Å²) in [6.45, 7) is 15.4. The molecule has 0 fully saturated rings. The second-order valence-corrected chi connectivity index (χ2v) is 2.85. The Morgan fingerprint density at radius 2 is 1.65 bits per heavy atom. The highest BCUT2D eigenvalue weighted by molar-refractivity contribution is 5.23. The van der Waals surface area contributed by atoms with Crippen molar-refractivity contribution >= 4 is 0 Å². The van der Waals surface area contributed by atoms with Gasteiger partial charge in [-0.2, -0.15) is 0 Å². The molecule has 0 aliphatic rings. The second kappa shape index (κ2) is 17.3. The van der Waals surface area contributed by atoms with Crippen LogP contribution in [0.25, 0.3) is 0 Å². The highest BCUT2D eigenvalue weighted by Crippen LogP contribution is 2.10. The Bertz CT molecular complexity index is 227. The molecule has 1 nitrogen and oxygen atoms in total. The number of rotatable bonds is 5. The summed E-state index contributed by atoms with van der Waals surface area (Å²) < 4.78 is 17.8. The van der Waals surface area contributed by atoms with Crippen LogP contribution in [0.3, 0.4) is 0 Å². The molecule has 0 radical (unpaired) electrons. The van der Waals surface area contributed by atoms with Gasteiger partial charge >= 0.3 is 0 Å². The molecule has 0 heterocycles. The van der Waals surface area contributed by atoms with E-state index in [0.29, 0.717) is 5.76 Å². The minimum atomic E-state index is -0.347. The van der Waals surface area contributed by atoms with Gasteiger partial charge < -0.3 is 4.74 Å². The first-order valence-corrected chi connectivity index (χ1v) is 6.38. The quantitative estimate of drug-likeness (QED) is 0.439. The van der Waals surface area contributed by atoms with Crippen molar-refractivity contribution in [3.8, 4) is 0 Å². The number of methoxy groups -OCH3 is 1. The molecule has 0 unspecified atom stereocenters. The van der Waals surface area contributed by atoms with Crippen LogP contribution in [0.4, 0.5) is 4.39 Å². The number of hydrogen-bond donors (Lipinski definition) is 0. The van der Waals surface area contributed by atoms with E-state index in [-0.39, 0.29) is 5.83 Å². The maximum absolute atomic E-state index is 13.0. The smallest absolute Gasteiger partial charge is 0.160 e. The van der Waals surface area contributed by atoms with Crippen LogP contribution in [0.1, 0.15) is 54.4 Å². The van der Waals surface area contributed by atoms with Crippen molar-refractivity contribution in [1.82, 2.24) is 0 Å². The third kappa shape index (κ3) is 14.9. The molecule has 0 aromatic carbocycles. The van der Waals surface area contributed by atoms with E-state index in [9.17, 15) is 4.39 Å². The zero-order valence-corrected chi connectivity index (χ0v) is 12.6. The van der Waals surface area contributed by atoms with Crippen LogP contribution in [0.5, 0.6) is 0 Å². The molecule has 17 heavy (non-hydrogen) atoms. The van der Waals surface area contributed by atoms with Gasteiger partial charge in [0.1, 0.15) is 5.76 Å². The topological polar surface area (TPSA) is 9.23 Å². The number of ether oxygens (including phenoxy) is 1. The summed E-state index contributed by atoms with van der Waals surface area (Å²) in [7, 11) is 1.45. The molecule has 0 saturated heterocycles. The van der Waals surface area contributed by atoms with Crippen LogP contribution in [-0.2, 0) is 4.74 Å². The third-order valence-corrected chi connectivity index (χ3v) is 1.68. The minimum Gasteiger partial charge on any atom is -0.498 e. The van der Waals surface area contributed by atoms with Crippen LogP contribution in [0, 0.1) is 0 Å². The van der Waals surface area contributed by atoms with Gasteiger partial charge in [0.15, 0.2) is 5.83 Å². The Kier molecular flexibility index (Phi) is 21.7. The van der Waals surface area contributed by atoms with Crippen LogP contribution in [-0.4, -0.2) is 7.11 Å². The van der Waals surface area contributed by atoms with E-state index < -0.39 is 0 Å². The summed E-state index contributed by atoms with van der Waals surface area (Å²) in [5, 5.41) is 0. The van der Waals surface area contributed by atoms with E-state index >= 15 is 0 Å². The van der Waals surface area contributed by atoms with E-state index in [1.54, 1.807) is 13.0 Å². The molecular weight excluding hydrogens is 215 g/mol. The summed E-state index contributed by atoms with van der Waals surface area (Å²) in [4.78, 5) is 0. The molecule has 0 saturated carbocycles. The normalized spacial score (nSPS) is 10.6. The number of hydrogen-bond acceptors (Lipinski definition) is 1. The first-order valence-electron chi connectivity index (χ1n) is 6.38. The Balaban J connectivity index is -0.000000439. The van der Waals surface area contributed by atoms with E-state index in [4.69, 9.17) is 4.74 Å². The fourth-order valence-corrected chi connectivity index (χ4v) is 0.810. The van der Waals surface area contributed by atoms with Crippen LogP contribution >= 0.6 is 0 Å². The Labute approximate surface area is 107 Å². The zero-order chi connectivity index (χ0) is 14.3. The predicted octanol–water partition coefficient (Wildman–Crippen LogP) is 5.80. The van der Waals surface area contributed by atoms with Gasteiger partial charge in [0.2, 0.25) is 0 Å². The van der Waals surface area contributed by atoms with Gasteiger partial charge in [-0.25, -0.2) is 4.39 Å². The fourth-order valence-electron chi connectivity index (χ4n) is 0.810. The van der Waals surface area contributed by atoms with Gasteiger partial charge in [0.05, 0.1) is 7.11 Å². The average molecular weight is 244 g/mol. The van der Waals surface area contributed by atoms with Crippen molar-refractivity contribution in [2.24, 2.45) is 0 Å². The lowest BCUT2D eigenvalue weighted by atomic mass is 10.1.